The van der Waals surface area contributed by atoms with Gasteiger partial charge in [-0.25, -0.2) is 19.4 Å². The lowest BCUT2D eigenvalue weighted by Gasteiger charge is -2.37. The number of unbranched alkanes of at least 4 members (excludes halogenated alkanes) is 2. The molecule has 1 aliphatic heterocycles. The second kappa shape index (κ2) is 25.2. The number of benzene rings is 3. The molecule has 17 heteroatoms. The summed E-state index contributed by atoms with van der Waals surface area (Å²) >= 11 is 8.01. The second-order valence-electron chi connectivity index (χ2n) is 18.5. The Labute approximate surface area is 426 Å². The van der Waals surface area contributed by atoms with E-state index in [2.05, 4.69) is 29.7 Å². The van der Waals surface area contributed by atoms with Crippen molar-refractivity contribution in [2.24, 2.45) is 17.8 Å². The highest BCUT2D eigenvalue weighted by atomic mass is 35.5. The summed E-state index contributed by atoms with van der Waals surface area (Å²) in [6.45, 7) is 11.2. The molecule has 0 amide bonds. The standard InChI is InChI=1S/C55H59ClF3NO11S/c1-5-24-67-47-28-33(2)29-48-50(47)60-49(72-48)23-16-39-31-43(20-22-46(39)71-54(64)44-21-19-41(32-45(44)56)65-25-8-6-7-9-42-30-34(3)51(61)69-42)70-53(63)38-12-10-36(11-13-38)37-14-17-40(18-15-37)66-26-27-68-52(62)35(4)55(57,58)59/h19-22,28-29,31-32,36-38,40,42H,3-15,17-18,24-27,30H2,1-2H3. The Morgan fingerprint density at radius 2 is 1.58 bits per heavy atom. The Balaban J connectivity index is 0.949. The summed E-state index contributed by atoms with van der Waals surface area (Å²) in [7, 11) is 0. The van der Waals surface area contributed by atoms with E-state index in [1.54, 1.807) is 24.3 Å². The zero-order chi connectivity index (χ0) is 51.4. The fraction of sp³-hybridized carbons (Fsp3) is 0.473. The minimum atomic E-state index is -4.84. The molecular weight excluding hydrogens is 975 g/mol. The highest BCUT2D eigenvalue weighted by Gasteiger charge is 2.38. The van der Waals surface area contributed by atoms with Gasteiger partial charge < -0.3 is 33.2 Å². The third kappa shape index (κ3) is 14.9. The number of rotatable bonds is 20. The van der Waals surface area contributed by atoms with Crippen LogP contribution in [0, 0.1) is 36.5 Å². The van der Waals surface area contributed by atoms with Crippen LogP contribution in [0.5, 0.6) is 23.0 Å². The molecule has 1 saturated heterocycles. The number of alkyl halides is 3. The number of esters is 4. The highest BCUT2D eigenvalue weighted by molar-refractivity contribution is 7.19. The smallest absolute Gasteiger partial charge is 0.422 e. The van der Waals surface area contributed by atoms with Gasteiger partial charge in [-0.15, -0.1) is 11.3 Å². The third-order valence-corrected chi connectivity index (χ3v) is 14.4. The maximum atomic E-state index is 13.7. The maximum Gasteiger partial charge on any atom is 0.422 e. The summed E-state index contributed by atoms with van der Waals surface area (Å²) in [6.07, 6.45) is 6.19. The van der Waals surface area contributed by atoms with E-state index in [0.717, 1.165) is 80.9 Å². The molecule has 0 spiro atoms. The van der Waals surface area contributed by atoms with Crippen molar-refractivity contribution in [3.63, 3.8) is 0 Å². The largest absolute Gasteiger partial charge is 0.494 e. The van der Waals surface area contributed by atoms with Crippen LogP contribution in [0.1, 0.15) is 123 Å². The summed E-state index contributed by atoms with van der Waals surface area (Å²) in [4.78, 5) is 55.2. The van der Waals surface area contributed by atoms with E-state index in [1.807, 2.05) is 26.0 Å². The molecule has 72 heavy (non-hydrogen) atoms. The van der Waals surface area contributed by atoms with Gasteiger partial charge in [0.2, 0.25) is 0 Å². The van der Waals surface area contributed by atoms with E-state index < -0.39 is 23.7 Å². The predicted octanol–water partition coefficient (Wildman–Crippen LogP) is 12.4. The van der Waals surface area contributed by atoms with Gasteiger partial charge in [-0.1, -0.05) is 37.6 Å². The van der Waals surface area contributed by atoms with Crippen LogP contribution in [0.2, 0.25) is 5.02 Å². The SMILES string of the molecule is C=C1CC(CCCCCOc2ccc(C(=O)Oc3ccc(OC(=O)C4CCC(C5CCC(OCCOC(=O)C(=C)C(F)(F)F)CC5)CC4)cc3C#Cc3nc4c(OCCC)cc(C)cc4s3)c(Cl)c2)OC1=O. The van der Waals surface area contributed by atoms with Gasteiger partial charge in [0.15, 0.2) is 5.01 Å². The normalized spacial score (nSPS) is 20.0. The molecule has 3 aromatic carbocycles. The molecule has 2 heterocycles. The van der Waals surface area contributed by atoms with Gasteiger partial charge in [0.1, 0.15) is 46.8 Å². The van der Waals surface area contributed by atoms with Crippen LogP contribution in [-0.2, 0) is 28.6 Å². The highest BCUT2D eigenvalue weighted by Crippen LogP contribution is 2.41. The lowest BCUT2D eigenvalue weighted by atomic mass is 9.70. The topological polar surface area (TPSA) is 146 Å². The number of aryl methyl sites for hydroxylation is 1. The number of carbonyl (C=O) groups is 4. The number of thiazole rings is 1. The number of halogens is 4. The van der Waals surface area contributed by atoms with Crippen LogP contribution < -0.4 is 18.9 Å². The van der Waals surface area contributed by atoms with E-state index in [1.165, 1.54) is 23.5 Å². The van der Waals surface area contributed by atoms with Crippen molar-refractivity contribution in [3.05, 3.63) is 99.6 Å². The summed E-state index contributed by atoms with van der Waals surface area (Å²) < 4.78 is 78.5. The van der Waals surface area contributed by atoms with Crippen molar-refractivity contribution < 1.29 is 65.5 Å². The van der Waals surface area contributed by atoms with Crippen molar-refractivity contribution in [2.45, 2.75) is 122 Å². The van der Waals surface area contributed by atoms with Crippen molar-refractivity contribution in [3.8, 4) is 34.8 Å². The predicted molar refractivity (Wildman–Crippen MR) is 266 cm³/mol. The fourth-order valence-corrected chi connectivity index (χ4v) is 10.4. The number of hydrogen-bond donors (Lipinski definition) is 0. The first kappa shape index (κ1) is 53.9. The molecule has 384 valence electrons. The number of hydrogen-bond acceptors (Lipinski definition) is 13. The average Bonchev–Trinajstić information content (AvgIpc) is 3.92. The Kier molecular flexibility index (Phi) is 18.8. The number of fused-ring (bicyclic) bond motifs is 1. The minimum Gasteiger partial charge on any atom is -0.494 e. The van der Waals surface area contributed by atoms with Crippen LogP contribution in [-0.4, -0.2) is 73.7 Å². The molecular formula is C55H59ClF3NO11S. The lowest BCUT2D eigenvalue weighted by molar-refractivity contribution is -0.153. The van der Waals surface area contributed by atoms with Gasteiger partial charge in [-0.3, -0.25) is 4.79 Å². The average molecular weight is 1030 g/mol. The molecule has 3 aliphatic rings. The molecule has 7 rings (SSSR count). The van der Waals surface area contributed by atoms with E-state index in [9.17, 15) is 32.3 Å². The van der Waals surface area contributed by atoms with Gasteiger partial charge in [0, 0.05) is 18.1 Å². The zero-order valence-corrected chi connectivity index (χ0v) is 42.1. The molecule has 3 fully saturated rings. The molecule has 2 saturated carbocycles. The quantitative estimate of drug-likeness (QED) is 0.0273. The Morgan fingerprint density at radius 3 is 2.28 bits per heavy atom. The van der Waals surface area contributed by atoms with E-state index in [0.29, 0.717) is 71.9 Å². The van der Waals surface area contributed by atoms with Crippen LogP contribution in [0.4, 0.5) is 13.2 Å². The fourth-order valence-electron chi connectivity index (χ4n) is 9.23. The molecule has 0 radical (unpaired) electrons. The molecule has 1 atom stereocenters. The summed E-state index contributed by atoms with van der Waals surface area (Å²) in [5.74, 6) is 5.47. The molecule has 0 bridgehead atoms. The van der Waals surface area contributed by atoms with Gasteiger partial charge in [-0.05, 0) is 156 Å². The van der Waals surface area contributed by atoms with E-state index in [4.69, 9.17) is 45.0 Å². The summed E-state index contributed by atoms with van der Waals surface area (Å²) in [5, 5.41) is 0.647. The van der Waals surface area contributed by atoms with Crippen molar-refractivity contribution in [1.82, 2.24) is 4.98 Å². The van der Waals surface area contributed by atoms with E-state index >= 15 is 0 Å². The Morgan fingerprint density at radius 1 is 0.847 bits per heavy atom. The Bertz CT molecular complexity index is 2680. The van der Waals surface area contributed by atoms with Gasteiger partial charge in [-0.2, -0.15) is 13.2 Å². The first-order valence-corrected chi connectivity index (χ1v) is 25.7. The second-order valence-corrected chi connectivity index (χ2v) is 19.9. The Hall–Kier alpha value is -5.89. The van der Waals surface area contributed by atoms with Crippen LogP contribution in [0.15, 0.2) is 72.8 Å². The molecule has 1 unspecified atom stereocenters. The zero-order valence-electron chi connectivity index (χ0n) is 40.5. The molecule has 0 N–H and O–H groups in total. The molecule has 1 aromatic heterocycles. The maximum absolute atomic E-state index is 13.7. The van der Waals surface area contributed by atoms with Gasteiger partial charge >= 0.3 is 30.1 Å². The van der Waals surface area contributed by atoms with Crippen LogP contribution in [0.3, 0.4) is 0 Å². The number of carbonyl (C=O) groups excluding carboxylic acids is 4. The number of nitrogens with zero attached hydrogens (tertiary/aromatic N) is 1. The van der Waals surface area contributed by atoms with Crippen molar-refractivity contribution >= 4 is 57.0 Å². The van der Waals surface area contributed by atoms with Crippen LogP contribution in [0.25, 0.3) is 10.2 Å². The van der Waals surface area contributed by atoms with E-state index in [-0.39, 0.29) is 70.9 Å². The number of aromatic nitrogens is 1. The first-order chi connectivity index (χ1) is 34.5. The summed E-state index contributed by atoms with van der Waals surface area (Å²) in [5.41, 5.74) is 1.10. The van der Waals surface area contributed by atoms with Gasteiger partial charge in [0.05, 0.1) is 52.7 Å². The molecule has 12 nitrogen and oxygen atoms in total. The molecule has 2 aliphatic carbocycles. The number of cyclic esters (lactones) is 1. The van der Waals surface area contributed by atoms with Crippen LogP contribution >= 0.6 is 22.9 Å². The third-order valence-electron chi connectivity index (χ3n) is 13.1. The van der Waals surface area contributed by atoms with Crippen molar-refractivity contribution in [2.75, 3.05) is 26.4 Å². The van der Waals surface area contributed by atoms with Gasteiger partial charge in [0.25, 0.3) is 0 Å². The first-order valence-electron chi connectivity index (χ1n) is 24.5. The minimum absolute atomic E-state index is 0.00419. The van der Waals surface area contributed by atoms with Crippen molar-refractivity contribution in [1.29, 1.82) is 0 Å². The lowest BCUT2D eigenvalue weighted by Crippen LogP contribution is -2.31. The number of ether oxygens (including phenoxy) is 7. The summed E-state index contributed by atoms with van der Waals surface area (Å²) in [6, 6.07) is 13.4. The monoisotopic (exact) mass is 1030 g/mol. The molecule has 4 aromatic rings.